The fraction of sp³-hybridized carbons (Fsp3) is 0.600. The predicted molar refractivity (Wildman–Crippen MR) is 58.4 cm³/mol. The largest absolute Gasteiger partial charge is 0.311 e. The van der Waals surface area contributed by atoms with Gasteiger partial charge < -0.3 is 5.32 Å². The molecule has 1 saturated carbocycles. The molecule has 0 radical (unpaired) electrons. The zero-order valence-electron chi connectivity index (χ0n) is 7.77. The van der Waals surface area contributed by atoms with Crippen LogP contribution in [0.4, 0.5) is 0 Å². The molecule has 13 heavy (non-hydrogen) atoms. The first-order chi connectivity index (χ1) is 6.18. The number of rotatable bonds is 4. The minimum absolute atomic E-state index is 0.598. The zero-order chi connectivity index (χ0) is 9.31. The lowest BCUT2D eigenvalue weighted by Crippen LogP contribution is -2.20. The summed E-state index contributed by atoms with van der Waals surface area (Å²) in [5.74, 6) is 0. The molecule has 1 N–H and O–H groups in total. The van der Waals surface area contributed by atoms with E-state index in [9.17, 15) is 0 Å². The summed E-state index contributed by atoms with van der Waals surface area (Å²) in [5.41, 5.74) is 0.598. The first kappa shape index (κ1) is 9.50. The Bertz CT molecular complexity index is 291. The smallest absolute Gasteiger partial charge is 0.0931 e. The Morgan fingerprint density at radius 2 is 2.31 bits per heavy atom. The first-order valence-corrected chi connectivity index (χ1v) is 5.82. The molecule has 0 saturated heterocycles. The summed E-state index contributed by atoms with van der Waals surface area (Å²) in [6.07, 6.45) is 2.76. The Kier molecular flexibility index (Phi) is 2.63. The summed E-state index contributed by atoms with van der Waals surface area (Å²) in [6, 6.07) is 4.05. The SMILES string of the molecule is CC1(CNCc2ccc(Cl)s2)CC1. The Hall–Kier alpha value is -0.0500. The van der Waals surface area contributed by atoms with E-state index in [2.05, 4.69) is 18.3 Å². The Morgan fingerprint density at radius 3 is 2.85 bits per heavy atom. The van der Waals surface area contributed by atoms with Gasteiger partial charge in [-0.1, -0.05) is 18.5 Å². The van der Waals surface area contributed by atoms with Crippen LogP contribution in [-0.4, -0.2) is 6.54 Å². The van der Waals surface area contributed by atoms with Crippen LogP contribution in [0.25, 0.3) is 0 Å². The van der Waals surface area contributed by atoms with Gasteiger partial charge in [0.1, 0.15) is 0 Å². The van der Waals surface area contributed by atoms with Gasteiger partial charge in [-0.15, -0.1) is 11.3 Å². The van der Waals surface area contributed by atoms with Crippen LogP contribution in [0.5, 0.6) is 0 Å². The van der Waals surface area contributed by atoms with E-state index in [-0.39, 0.29) is 0 Å². The molecular weight excluding hydrogens is 202 g/mol. The molecular formula is C10H14ClNS. The predicted octanol–water partition coefficient (Wildman–Crippen LogP) is 3.29. The van der Waals surface area contributed by atoms with Crippen LogP contribution in [0.3, 0.4) is 0 Å². The maximum Gasteiger partial charge on any atom is 0.0931 e. The van der Waals surface area contributed by atoms with Gasteiger partial charge in [0.05, 0.1) is 4.34 Å². The van der Waals surface area contributed by atoms with Crippen LogP contribution < -0.4 is 5.32 Å². The van der Waals surface area contributed by atoms with Crippen molar-refractivity contribution >= 4 is 22.9 Å². The van der Waals surface area contributed by atoms with Crippen molar-refractivity contribution in [2.75, 3.05) is 6.54 Å². The van der Waals surface area contributed by atoms with Crippen molar-refractivity contribution in [1.82, 2.24) is 5.32 Å². The lowest BCUT2D eigenvalue weighted by atomic mass is 10.1. The van der Waals surface area contributed by atoms with Crippen LogP contribution >= 0.6 is 22.9 Å². The van der Waals surface area contributed by atoms with Crippen molar-refractivity contribution in [2.45, 2.75) is 26.3 Å². The molecule has 1 aromatic heterocycles. The highest BCUT2D eigenvalue weighted by Crippen LogP contribution is 2.44. The zero-order valence-corrected chi connectivity index (χ0v) is 9.34. The molecule has 0 bridgehead atoms. The van der Waals surface area contributed by atoms with E-state index in [0.717, 1.165) is 17.4 Å². The lowest BCUT2D eigenvalue weighted by molar-refractivity contribution is 0.501. The van der Waals surface area contributed by atoms with Gasteiger partial charge in [0, 0.05) is 18.0 Å². The van der Waals surface area contributed by atoms with Gasteiger partial charge in [0.25, 0.3) is 0 Å². The van der Waals surface area contributed by atoms with Gasteiger partial charge in [-0.2, -0.15) is 0 Å². The van der Waals surface area contributed by atoms with Crippen molar-refractivity contribution in [2.24, 2.45) is 5.41 Å². The van der Waals surface area contributed by atoms with E-state index in [4.69, 9.17) is 11.6 Å². The highest BCUT2D eigenvalue weighted by atomic mass is 35.5. The first-order valence-electron chi connectivity index (χ1n) is 4.63. The minimum atomic E-state index is 0.598. The van der Waals surface area contributed by atoms with Crippen molar-refractivity contribution in [3.63, 3.8) is 0 Å². The molecule has 1 aliphatic carbocycles. The van der Waals surface area contributed by atoms with Crippen molar-refractivity contribution < 1.29 is 0 Å². The Labute approximate surface area is 88.1 Å². The van der Waals surface area contributed by atoms with Crippen LogP contribution in [-0.2, 0) is 6.54 Å². The van der Waals surface area contributed by atoms with Crippen LogP contribution in [0.2, 0.25) is 4.34 Å². The third-order valence-electron chi connectivity index (χ3n) is 2.58. The molecule has 72 valence electrons. The van der Waals surface area contributed by atoms with E-state index in [1.54, 1.807) is 11.3 Å². The fourth-order valence-electron chi connectivity index (χ4n) is 1.32. The van der Waals surface area contributed by atoms with E-state index in [1.807, 2.05) is 6.07 Å². The molecule has 0 unspecified atom stereocenters. The second kappa shape index (κ2) is 3.60. The van der Waals surface area contributed by atoms with E-state index < -0.39 is 0 Å². The van der Waals surface area contributed by atoms with Crippen LogP contribution in [0, 0.1) is 5.41 Å². The molecule has 1 nitrogen and oxygen atoms in total. The van der Waals surface area contributed by atoms with Crippen molar-refractivity contribution in [3.8, 4) is 0 Å². The standard InChI is InChI=1S/C10H14ClNS/c1-10(4-5-10)7-12-6-8-2-3-9(11)13-8/h2-3,12H,4-7H2,1H3. The maximum absolute atomic E-state index is 5.83. The number of nitrogens with one attached hydrogen (secondary N) is 1. The van der Waals surface area contributed by atoms with E-state index in [1.165, 1.54) is 17.7 Å². The molecule has 0 aliphatic heterocycles. The fourth-order valence-corrected chi connectivity index (χ4v) is 2.38. The molecule has 1 aliphatic rings. The maximum atomic E-state index is 5.83. The molecule has 2 rings (SSSR count). The topological polar surface area (TPSA) is 12.0 Å². The molecule has 1 heterocycles. The quantitative estimate of drug-likeness (QED) is 0.813. The number of hydrogen-bond acceptors (Lipinski definition) is 2. The van der Waals surface area contributed by atoms with Gasteiger partial charge in [-0.25, -0.2) is 0 Å². The van der Waals surface area contributed by atoms with Gasteiger partial charge >= 0.3 is 0 Å². The molecule has 0 atom stereocenters. The minimum Gasteiger partial charge on any atom is -0.311 e. The average Bonchev–Trinajstić information content (AvgIpc) is 2.65. The van der Waals surface area contributed by atoms with Gasteiger partial charge in [-0.3, -0.25) is 0 Å². The third kappa shape index (κ3) is 2.70. The highest BCUT2D eigenvalue weighted by molar-refractivity contribution is 7.16. The second-order valence-electron chi connectivity index (χ2n) is 4.12. The highest BCUT2D eigenvalue weighted by Gasteiger charge is 2.36. The van der Waals surface area contributed by atoms with Crippen molar-refractivity contribution in [3.05, 3.63) is 21.3 Å². The molecule has 1 fully saturated rings. The Balaban J connectivity index is 1.73. The van der Waals surface area contributed by atoms with Gasteiger partial charge in [-0.05, 0) is 30.4 Å². The van der Waals surface area contributed by atoms with E-state index in [0.29, 0.717) is 5.41 Å². The summed E-state index contributed by atoms with van der Waals surface area (Å²) < 4.78 is 0.884. The average molecular weight is 216 g/mol. The summed E-state index contributed by atoms with van der Waals surface area (Å²) in [5, 5.41) is 3.47. The molecule has 0 aromatic carbocycles. The molecule has 0 spiro atoms. The molecule has 0 amide bonds. The molecule has 1 aromatic rings. The molecule has 3 heteroatoms. The van der Waals surface area contributed by atoms with Crippen LogP contribution in [0.15, 0.2) is 12.1 Å². The van der Waals surface area contributed by atoms with Crippen LogP contribution in [0.1, 0.15) is 24.6 Å². The third-order valence-corrected chi connectivity index (χ3v) is 3.81. The van der Waals surface area contributed by atoms with Crippen molar-refractivity contribution in [1.29, 1.82) is 0 Å². The normalized spacial score (nSPS) is 18.9. The van der Waals surface area contributed by atoms with Gasteiger partial charge in [0.2, 0.25) is 0 Å². The summed E-state index contributed by atoms with van der Waals surface area (Å²) >= 11 is 7.49. The number of halogens is 1. The second-order valence-corrected chi connectivity index (χ2v) is 5.92. The lowest BCUT2D eigenvalue weighted by Gasteiger charge is -2.08. The monoisotopic (exact) mass is 215 g/mol. The summed E-state index contributed by atoms with van der Waals surface area (Å²) in [6.45, 7) is 4.44. The number of hydrogen-bond donors (Lipinski definition) is 1. The summed E-state index contributed by atoms with van der Waals surface area (Å²) in [7, 11) is 0. The summed E-state index contributed by atoms with van der Waals surface area (Å²) in [4.78, 5) is 1.33. The number of thiophene rings is 1. The van der Waals surface area contributed by atoms with E-state index >= 15 is 0 Å². The Morgan fingerprint density at radius 1 is 1.54 bits per heavy atom. The van der Waals surface area contributed by atoms with Gasteiger partial charge in [0.15, 0.2) is 0 Å².